The maximum absolute atomic E-state index is 5.41. The number of nitrogens with zero attached hydrogens (tertiary/aromatic N) is 2. The molecule has 1 aliphatic rings. The van der Waals surface area contributed by atoms with E-state index in [9.17, 15) is 0 Å². The molecule has 126 valence electrons. The minimum atomic E-state index is 0.307. The number of benzene rings is 1. The first-order valence-corrected chi connectivity index (χ1v) is 8.16. The second-order valence-corrected chi connectivity index (χ2v) is 5.38. The Kier molecular flexibility index (Phi) is 5.50. The van der Waals surface area contributed by atoms with E-state index >= 15 is 0 Å². The van der Waals surface area contributed by atoms with Crippen molar-refractivity contribution in [1.82, 2.24) is 15.6 Å². The molecule has 0 saturated carbocycles. The number of rotatable bonds is 6. The van der Waals surface area contributed by atoms with Gasteiger partial charge in [0.2, 0.25) is 6.79 Å². The lowest BCUT2D eigenvalue weighted by Gasteiger charge is -2.11. The Bertz CT molecular complexity index is 689. The molecule has 2 aromatic rings. The van der Waals surface area contributed by atoms with Crippen LogP contribution in [0.3, 0.4) is 0 Å². The summed E-state index contributed by atoms with van der Waals surface area (Å²) in [6, 6.07) is 11.9. The first-order chi connectivity index (χ1) is 11.8. The van der Waals surface area contributed by atoms with Crippen LogP contribution in [0.25, 0.3) is 0 Å². The second-order valence-electron chi connectivity index (χ2n) is 5.38. The molecule has 1 aromatic heterocycles. The SMILES string of the molecule is CCNC(=NCc1ccccn1)NCCc1ccc2c(c1)OCO2. The molecule has 0 fully saturated rings. The number of aliphatic imine (C=N–C) groups is 1. The summed E-state index contributed by atoms with van der Waals surface area (Å²) < 4.78 is 10.7. The van der Waals surface area contributed by atoms with Crippen molar-refractivity contribution in [1.29, 1.82) is 0 Å². The van der Waals surface area contributed by atoms with Gasteiger partial charge in [-0.25, -0.2) is 4.99 Å². The number of guanidine groups is 1. The standard InChI is InChI=1S/C18H22N4O2/c1-2-19-18(22-12-15-5-3-4-9-20-15)21-10-8-14-6-7-16-17(11-14)24-13-23-16/h3-7,9,11H,2,8,10,12-13H2,1H3,(H2,19,21,22). The molecule has 0 aliphatic carbocycles. The molecule has 2 heterocycles. The largest absolute Gasteiger partial charge is 0.454 e. The van der Waals surface area contributed by atoms with E-state index in [0.717, 1.165) is 42.7 Å². The second kappa shape index (κ2) is 8.19. The minimum Gasteiger partial charge on any atom is -0.454 e. The van der Waals surface area contributed by atoms with Gasteiger partial charge in [-0.2, -0.15) is 0 Å². The van der Waals surface area contributed by atoms with Crippen molar-refractivity contribution in [2.24, 2.45) is 4.99 Å². The van der Waals surface area contributed by atoms with Crippen LogP contribution in [0.4, 0.5) is 0 Å². The highest BCUT2D eigenvalue weighted by atomic mass is 16.7. The lowest BCUT2D eigenvalue weighted by molar-refractivity contribution is 0.174. The topological polar surface area (TPSA) is 67.8 Å². The van der Waals surface area contributed by atoms with Crippen molar-refractivity contribution < 1.29 is 9.47 Å². The Morgan fingerprint density at radius 1 is 1.17 bits per heavy atom. The van der Waals surface area contributed by atoms with Crippen LogP contribution in [-0.2, 0) is 13.0 Å². The quantitative estimate of drug-likeness (QED) is 0.629. The fraction of sp³-hybridized carbons (Fsp3) is 0.333. The van der Waals surface area contributed by atoms with Crippen LogP contribution in [-0.4, -0.2) is 30.8 Å². The van der Waals surface area contributed by atoms with Gasteiger partial charge in [0, 0.05) is 19.3 Å². The van der Waals surface area contributed by atoms with Crippen LogP contribution in [0.5, 0.6) is 11.5 Å². The molecule has 24 heavy (non-hydrogen) atoms. The van der Waals surface area contributed by atoms with Crippen LogP contribution in [0.15, 0.2) is 47.6 Å². The van der Waals surface area contributed by atoms with Crippen molar-refractivity contribution in [3.63, 3.8) is 0 Å². The Balaban J connectivity index is 1.52. The number of nitrogens with one attached hydrogen (secondary N) is 2. The third-order valence-electron chi connectivity index (χ3n) is 3.61. The molecule has 3 rings (SSSR count). The predicted molar refractivity (Wildman–Crippen MR) is 93.3 cm³/mol. The van der Waals surface area contributed by atoms with Crippen LogP contribution >= 0.6 is 0 Å². The molecule has 0 unspecified atom stereocenters. The number of pyridine rings is 1. The van der Waals surface area contributed by atoms with Gasteiger partial charge in [0.25, 0.3) is 0 Å². The van der Waals surface area contributed by atoms with Gasteiger partial charge in [0.05, 0.1) is 12.2 Å². The molecule has 0 radical (unpaired) electrons. The number of ether oxygens (including phenoxy) is 2. The average molecular weight is 326 g/mol. The molecule has 0 atom stereocenters. The summed E-state index contributed by atoms with van der Waals surface area (Å²) in [5.74, 6) is 2.43. The molecule has 6 heteroatoms. The molecule has 1 aromatic carbocycles. The maximum atomic E-state index is 5.41. The van der Waals surface area contributed by atoms with Gasteiger partial charge in [-0.15, -0.1) is 0 Å². The Morgan fingerprint density at radius 2 is 2.08 bits per heavy atom. The van der Waals surface area contributed by atoms with Crippen LogP contribution < -0.4 is 20.1 Å². The Labute approximate surface area is 141 Å². The van der Waals surface area contributed by atoms with Gasteiger partial charge in [0.15, 0.2) is 17.5 Å². The summed E-state index contributed by atoms with van der Waals surface area (Å²) in [7, 11) is 0. The summed E-state index contributed by atoms with van der Waals surface area (Å²) in [6.45, 7) is 4.52. The third-order valence-corrected chi connectivity index (χ3v) is 3.61. The average Bonchev–Trinajstić information content (AvgIpc) is 3.08. The van der Waals surface area contributed by atoms with Gasteiger partial charge >= 0.3 is 0 Å². The third kappa shape index (κ3) is 4.38. The number of fused-ring (bicyclic) bond motifs is 1. The minimum absolute atomic E-state index is 0.307. The predicted octanol–water partition coefficient (Wildman–Crippen LogP) is 2.11. The van der Waals surface area contributed by atoms with E-state index in [-0.39, 0.29) is 0 Å². The zero-order valence-electron chi connectivity index (χ0n) is 13.8. The highest BCUT2D eigenvalue weighted by Gasteiger charge is 2.12. The lowest BCUT2D eigenvalue weighted by Crippen LogP contribution is -2.38. The van der Waals surface area contributed by atoms with E-state index in [0.29, 0.717) is 13.3 Å². The summed E-state index contributed by atoms with van der Waals surface area (Å²) in [5.41, 5.74) is 2.15. The molecular weight excluding hydrogens is 304 g/mol. The van der Waals surface area contributed by atoms with Crippen LogP contribution in [0.1, 0.15) is 18.2 Å². The van der Waals surface area contributed by atoms with Gasteiger partial charge in [-0.3, -0.25) is 4.98 Å². The maximum Gasteiger partial charge on any atom is 0.231 e. The Morgan fingerprint density at radius 3 is 2.92 bits per heavy atom. The number of hydrogen-bond donors (Lipinski definition) is 2. The highest BCUT2D eigenvalue weighted by molar-refractivity contribution is 5.79. The molecule has 2 N–H and O–H groups in total. The van der Waals surface area contributed by atoms with Gasteiger partial charge in [-0.1, -0.05) is 12.1 Å². The molecule has 0 spiro atoms. The van der Waals surface area contributed by atoms with E-state index < -0.39 is 0 Å². The fourth-order valence-corrected chi connectivity index (χ4v) is 2.42. The summed E-state index contributed by atoms with van der Waals surface area (Å²) in [5, 5.41) is 6.59. The van der Waals surface area contributed by atoms with Crippen molar-refractivity contribution in [3.8, 4) is 11.5 Å². The van der Waals surface area contributed by atoms with Crippen molar-refractivity contribution >= 4 is 5.96 Å². The molecule has 0 bridgehead atoms. The van der Waals surface area contributed by atoms with E-state index in [1.54, 1.807) is 6.20 Å². The highest BCUT2D eigenvalue weighted by Crippen LogP contribution is 2.32. The van der Waals surface area contributed by atoms with E-state index in [1.165, 1.54) is 5.56 Å². The molecule has 1 aliphatic heterocycles. The van der Waals surface area contributed by atoms with Gasteiger partial charge in [-0.05, 0) is 43.2 Å². The zero-order valence-corrected chi connectivity index (χ0v) is 13.8. The first-order valence-electron chi connectivity index (χ1n) is 8.16. The molecule has 0 saturated heterocycles. The number of hydrogen-bond acceptors (Lipinski definition) is 4. The van der Waals surface area contributed by atoms with Crippen molar-refractivity contribution in [2.75, 3.05) is 19.9 Å². The van der Waals surface area contributed by atoms with E-state index in [2.05, 4.69) is 33.6 Å². The van der Waals surface area contributed by atoms with Crippen molar-refractivity contribution in [2.45, 2.75) is 19.9 Å². The molecule has 0 amide bonds. The lowest BCUT2D eigenvalue weighted by atomic mass is 10.1. The summed E-state index contributed by atoms with van der Waals surface area (Å²) >= 11 is 0. The summed E-state index contributed by atoms with van der Waals surface area (Å²) in [4.78, 5) is 8.84. The van der Waals surface area contributed by atoms with E-state index in [1.807, 2.05) is 30.3 Å². The zero-order chi connectivity index (χ0) is 16.6. The smallest absolute Gasteiger partial charge is 0.231 e. The van der Waals surface area contributed by atoms with Gasteiger partial charge < -0.3 is 20.1 Å². The fourth-order valence-electron chi connectivity index (χ4n) is 2.42. The monoisotopic (exact) mass is 326 g/mol. The molecule has 6 nitrogen and oxygen atoms in total. The first kappa shape index (κ1) is 16.1. The van der Waals surface area contributed by atoms with Gasteiger partial charge in [0.1, 0.15) is 0 Å². The Hall–Kier alpha value is -2.76. The van der Waals surface area contributed by atoms with Crippen molar-refractivity contribution in [3.05, 3.63) is 53.9 Å². The number of aromatic nitrogens is 1. The van der Waals surface area contributed by atoms with Crippen LogP contribution in [0, 0.1) is 0 Å². The normalized spacial score (nSPS) is 13.0. The van der Waals surface area contributed by atoms with E-state index in [4.69, 9.17) is 9.47 Å². The van der Waals surface area contributed by atoms with Crippen LogP contribution in [0.2, 0.25) is 0 Å². The molecular formula is C18H22N4O2. The summed E-state index contributed by atoms with van der Waals surface area (Å²) in [6.07, 6.45) is 2.66.